The van der Waals surface area contributed by atoms with E-state index in [1.54, 1.807) is 43.1 Å². The van der Waals surface area contributed by atoms with Crippen LogP contribution in [0.5, 0.6) is 0 Å². The van der Waals surface area contributed by atoms with Crippen LogP contribution in [0, 0.1) is 21.4 Å². The minimum absolute atomic E-state index is 0.0549. The molecule has 1 N–H and O–H groups in total. The van der Waals surface area contributed by atoms with Crippen LogP contribution in [0.4, 0.5) is 16.4 Å². The van der Waals surface area contributed by atoms with Gasteiger partial charge in [0, 0.05) is 23.7 Å². The summed E-state index contributed by atoms with van der Waals surface area (Å²) >= 11 is 1.16. The highest BCUT2D eigenvalue weighted by Gasteiger charge is 2.24. The zero-order valence-corrected chi connectivity index (χ0v) is 12.3. The summed E-state index contributed by atoms with van der Waals surface area (Å²) in [4.78, 5) is 12.9. The summed E-state index contributed by atoms with van der Waals surface area (Å²) in [5.74, 6) is 0. The summed E-state index contributed by atoms with van der Waals surface area (Å²) in [6.07, 6.45) is -0.763. The maximum absolute atomic E-state index is 11.2. The lowest BCUT2D eigenvalue weighted by atomic mass is 10.2. The van der Waals surface area contributed by atoms with E-state index in [1.165, 1.54) is 6.07 Å². The summed E-state index contributed by atoms with van der Waals surface area (Å²) in [6, 6.07) is 10.2. The predicted molar refractivity (Wildman–Crippen MR) is 80.8 cm³/mol. The van der Waals surface area contributed by atoms with Crippen molar-refractivity contribution in [1.82, 2.24) is 0 Å². The molecule has 0 aliphatic heterocycles. The van der Waals surface area contributed by atoms with Crippen LogP contribution in [0.15, 0.2) is 30.3 Å². The zero-order valence-electron chi connectivity index (χ0n) is 11.5. The van der Waals surface area contributed by atoms with Gasteiger partial charge >= 0.3 is 5.69 Å². The number of benzene rings is 1. The van der Waals surface area contributed by atoms with Crippen molar-refractivity contribution in [2.45, 2.75) is 13.0 Å². The van der Waals surface area contributed by atoms with Crippen LogP contribution >= 0.6 is 11.3 Å². The first-order valence-electron chi connectivity index (χ1n) is 6.14. The molecule has 0 radical (unpaired) electrons. The smallest absolute Gasteiger partial charge is 0.304 e. The Morgan fingerprint density at radius 2 is 2.19 bits per heavy atom. The number of nitro groups is 1. The highest BCUT2D eigenvalue weighted by atomic mass is 32.1. The van der Waals surface area contributed by atoms with Gasteiger partial charge in [-0.25, -0.2) is 0 Å². The molecule has 0 amide bonds. The largest absolute Gasteiger partial charge is 0.388 e. The van der Waals surface area contributed by atoms with Gasteiger partial charge in [-0.3, -0.25) is 10.1 Å². The molecular formula is C14H13N3O3S. The first kappa shape index (κ1) is 15.0. The molecule has 6 nitrogen and oxygen atoms in total. The molecule has 108 valence electrons. The van der Waals surface area contributed by atoms with Crippen molar-refractivity contribution in [3.63, 3.8) is 0 Å². The third kappa shape index (κ3) is 3.02. The normalized spacial score (nSPS) is 11.7. The predicted octanol–water partition coefficient (Wildman–Crippen LogP) is 3.35. The van der Waals surface area contributed by atoms with Gasteiger partial charge in [0.25, 0.3) is 0 Å². The van der Waals surface area contributed by atoms with Gasteiger partial charge in [-0.15, -0.1) is 11.3 Å². The Hall–Kier alpha value is -2.43. The minimum Gasteiger partial charge on any atom is -0.388 e. The van der Waals surface area contributed by atoms with E-state index < -0.39 is 11.0 Å². The molecule has 21 heavy (non-hydrogen) atoms. The quantitative estimate of drug-likeness (QED) is 0.691. The van der Waals surface area contributed by atoms with Crippen molar-refractivity contribution in [3.8, 4) is 6.07 Å². The molecule has 0 aliphatic rings. The van der Waals surface area contributed by atoms with E-state index in [-0.39, 0.29) is 5.69 Å². The number of nitrogens with zero attached hydrogens (tertiary/aromatic N) is 3. The Bertz CT molecular complexity index is 718. The average molecular weight is 303 g/mol. The topological polar surface area (TPSA) is 90.4 Å². The van der Waals surface area contributed by atoms with Gasteiger partial charge in [0.1, 0.15) is 0 Å². The number of nitriles is 1. The van der Waals surface area contributed by atoms with Crippen molar-refractivity contribution < 1.29 is 10.0 Å². The van der Waals surface area contributed by atoms with Crippen LogP contribution in [0.3, 0.4) is 0 Å². The number of aliphatic hydroxyl groups is 1. The second-order valence-electron chi connectivity index (χ2n) is 4.49. The lowest BCUT2D eigenvalue weighted by Gasteiger charge is -2.17. The van der Waals surface area contributed by atoms with Gasteiger partial charge in [-0.1, -0.05) is 6.07 Å². The van der Waals surface area contributed by atoms with Crippen LogP contribution in [-0.2, 0) is 0 Å². The molecule has 7 heteroatoms. The molecule has 0 bridgehead atoms. The number of thiophene rings is 1. The van der Waals surface area contributed by atoms with Gasteiger partial charge in [0.2, 0.25) is 0 Å². The molecule has 0 aliphatic carbocycles. The number of hydrogen-bond donors (Lipinski definition) is 1. The summed E-state index contributed by atoms with van der Waals surface area (Å²) in [5.41, 5.74) is 1.10. The molecule has 1 aromatic heterocycles. The van der Waals surface area contributed by atoms with Crippen molar-refractivity contribution in [3.05, 3.63) is 50.9 Å². The van der Waals surface area contributed by atoms with Crippen LogP contribution in [0.1, 0.15) is 23.5 Å². The summed E-state index contributed by atoms with van der Waals surface area (Å²) in [7, 11) is 1.70. The Morgan fingerprint density at radius 1 is 1.48 bits per heavy atom. The SMILES string of the molecule is C[C@H](O)c1cc([N+](=O)[O-])c(N(C)c2cccc(C#N)c2)s1. The van der Waals surface area contributed by atoms with Crippen LogP contribution in [-0.4, -0.2) is 17.1 Å². The van der Waals surface area contributed by atoms with Crippen molar-refractivity contribution >= 4 is 27.7 Å². The molecule has 0 unspecified atom stereocenters. The Morgan fingerprint density at radius 3 is 2.76 bits per heavy atom. The zero-order chi connectivity index (χ0) is 15.6. The molecule has 0 spiro atoms. The molecule has 0 saturated heterocycles. The van der Waals surface area contributed by atoms with Gasteiger partial charge in [0.15, 0.2) is 5.00 Å². The molecule has 0 saturated carbocycles. The van der Waals surface area contributed by atoms with E-state index >= 15 is 0 Å². The summed E-state index contributed by atoms with van der Waals surface area (Å²) in [5, 5.41) is 30.1. The van der Waals surface area contributed by atoms with Gasteiger partial charge in [-0.2, -0.15) is 5.26 Å². The molecule has 1 heterocycles. The molecule has 0 fully saturated rings. The van der Waals surface area contributed by atoms with E-state index in [9.17, 15) is 15.2 Å². The molecule has 1 atom stereocenters. The Labute approximate surface area is 125 Å². The third-order valence-electron chi connectivity index (χ3n) is 2.99. The van der Waals surface area contributed by atoms with E-state index in [0.717, 1.165) is 11.3 Å². The van der Waals surface area contributed by atoms with Crippen LogP contribution in [0.2, 0.25) is 0 Å². The van der Waals surface area contributed by atoms with Gasteiger partial charge in [-0.05, 0) is 25.1 Å². The fourth-order valence-electron chi connectivity index (χ4n) is 1.87. The first-order chi connectivity index (χ1) is 9.93. The van der Waals surface area contributed by atoms with E-state index in [1.807, 2.05) is 6.07 Å². The monoisotopic (exact) mass is 303 g/mol. The van der Waals surface area contributed by atoms with Crippen LogP contribution < -0.4 is 4.90 Å². The number of rotatable bonds is 4. The first-order valence-corrected chi connectivity index (χ1v) is 6.95. The van der Waals surface area contributed by atoms with Crippen molar-refractivity contribution in [2.24, 2.45) is 0 Å². The lowest BCUT2D eigenvalue weighted by Crippen LogP contribution is -2.09. The highest BCUT2D eigenvalue weighted by molar-refractivity contribution is 7.16. The number of anilines is 2. The lowest BCUT2D eigenvalue weighted by molar-refractivity contribution is -0.383. The minimum atomic E-state index is -0.763. The third-order valence-corrected chi connectivity index (χ3v) is 4.36. The summed E-state index contributed by atoms with van der Waals surface area (Å²) in [6.45, 7) is 1.57. The standard InChI is InChI=1S/C14H13N3O3S/c1-9(18)13-7-12(17(19)20)14(21-13)16(2)11-5-3-4-10(6-11)8-15/h3-7,9,18H,1-2H3/t9-/m0/s1. The van der Waals surface area contributed by atoms with Crippen molar-refractivity contribution in [1.29, 1.82) is 5.26 Å². The average Bonchev–Trinajstić information content (AvgIpc) is 2.92. The molecule has 2 rings (SSSR count). The van der Waals surface area contributed by atoms with E-state index in [0.29, 0.717) is 21.1 Å². The fraction of sp³-hybridized carbons (Fsp3) is 0.214. The maximum Gasteiger partial charge on any atom is 0.304 e. The molecule has 2 aromatic rings. The second kappa shape index (κ2) is 5.91. The maximum atomic E-state index is 11.2. The van der Waals surface area contributed by atoms with E-state index in [4.69, 9.17) is 5.26 Å². The summed E-state index contributed by atoms with van der Waals surface area (Å²) < 4.78 is 0. The molecular weight excluding hydrogens is 290 g/mol. The number of hydrogen-bond acceptors (Lipinski definition) is 6. The van der Waals surface area contributed by atoms with Crippen LogP contribution in [0.25, 0.3) is 0 Å². The fourth-order valence-corrected chi connectivity index (χ4v) is 2.91. The second-order valence-corrected chi connectivity index (χ2v) is 5.56. The molecule has 1 aromatic carbocycles. The Kier molecular flexibility index (Phi) is 4.21. The number of aliphatic hydroxyl groups excluding tert-OH is 1. The van der Waals surface area contributed by atoms with Gasteiger partial charge < -0.3 is 10.0 Å². The Balaban J connectivity index is 2.49. The highest BCUT2D eigenvalue weighted by Crippen LogP contribution is 2.42. The van der Waals surface area contributed by atoms with E-state index in [2.05, 4.69) is 0 Å². The van der Waals surface area contributed by atoms with Gasteiger partial charge in [0.05, 0.1) is 22.7 Å². The van der Waals surface area contributed by atoms with Crippen molar-refractivity contribution in [2.75, 3.05) is 11.9 Å².